The van der Waals surface area contributed by atoms with Gasteiger partial charge in [-0.05, 0) is 18.4 Å². The molecule has 4 atom stereocenters. The van der Waals surface area contributed by atoms with Crippen LogP contribution in [0, 0.1) is 17.8 Å². The fourth-order valence-corrected chi connectivity index (χ4v) is 4.75. The maximum Gasteiger partial charge on any atom is 0.347 e. The van der Waals surface area contributed by atoms with Crippen molar-refractivity contribution >= 4 is 5.91 Å². The van der Waals surface area contributed by atoms with Gasteiger partial charge in [0.05, 0.1) is 6.10 Å². The molecule has 4 rings (SSSR count). The molecule has 1 aromatic rings. The first-order valence-electron chi connectivity index (χ1n) is 8.66. The van der Waals surface area contributed by atoms with Gasteiger partial charge in [0.2, 0.25) is 5.91 Å². The normalized spacial score (nSPS) is 33.2. The third-order valence-electron chi connectivity index (χ3n) is 5.81. The lowest BCUT2D eigenvalue weighted by Crippen LogP contribution is -2.63. The molecule has 0 bridgehead atoms. The van der Waals surface area contributed by atoms with Crippen LogP contribution >= 0.6 is 0 Å². The summed E-state index contributed by atoms with van der Waals surface area (Å²) in [6.07, 6.45) is 9.52. The van der Waals surface area contributed by atoms with Crippen LogP contribution in [-0.2, 0) is 16.1 Å². The summed E-state index contributed by atoms with van der Waals surface area (Å²) in [7, 11) is 0. The van der Waals surface area contributed by atoms with E-state index in [1.807, 2.05) is 0 Å². The number of fused-ring (bicyclic) bond motifs is 1. The van der Waals surface area contributed by atoms with Gasteiger partial charge in [0.1, 0.15) is 6.54 Å². The Labute approximate surface area is 135 Å². The van der Waals surface area contributed by atoms with E-state index in [0.717, 1.165) is 13.0 Å². The second-order valence-corrected chi connectivity index (χ2v) is 7.03. The van der Waals surface area contributed by atoms with Crippen LogP contribution in [0.1, 0.15) is 32.1 Å². The van der Waals surface area contributed by atoms with E-state index in [-0.39, 0.29) is 24.2 Å². The zero-order valence-corrected chi connectivity index (χ0v) is 13.2. The van der Waals surface area contributed by atoms with E-state index in [4.69, 9.17) is 4.74 Å². The van der Waals surface area contributed by atoms with Crippen molar-refractivity contribution in [3.8, 4) is 0 Å². The number of nitrogens with one attached hydrogen (secondary N) is 1. The van der Waals surface area contributed by atoms with Crippen molar-refractivity contribution in [2.24, 2.45) is 17.8 Å². The lowest BCUT2D eigenvalue weighted by atomic mass is 9.61. The number of carbonyl (C=O) groups excluding carboxylic acids is 1. The number of carbonyl (C=O) groups is 1. The molecule has 0 aromatic carbocycles. The Balaban J connectivity index is 1.43. The Morgan fingerprint density at radius 2 is 2.17 bits per heavy atom. The second-order valence-electron chi connectivity index (χ2n) is 7.03. The summed E-state index contributed by atoms with van der Waals surface area (Å²) >= 11 is 0. The van der Waals surface area contributed by atoms with E-state index in [0.29, 0.717) is 23.9 Å². The molecule has 2 saturated carbocycles. The van der Waals surface area contributed by atoms with Crippen LogP contribution < -0.4 is 11.0 Å². The summed E-state index contributed by atoms with van der Waals surface area (Å²) in [6, 6.07) is 1.88. The molecule has 6 nitrogen and oxygen atoms in total. The Bertz CT molecular complexity index is 633. The molecule has 1 aliphatic heterocycles. The number of hydrogen-bond acceptors (Lipinski definition) is 4. The molecular formula is C17H23N3O3. The van der Waals surface area contributed by atoms with Crippen LogP contribution in [0.2, 0.25) is 0 Å². The Morgan fingerprint density at radius 1 is 1.35 bits per heavy atom. The highest BCUT2D eigenvalue weighted by molar-refractivity contribution is 5.76. The number of amides is 1. The fraction of sp³-hybridized carbons (Fsp3) is 0.706. The van der Waals surface area contributed by atoms with E-state index < -0.39 is 0 Å². The SMILES string of the molecule is O=C(Cn1cccnc1=O)N[C@H]1[C@H]2CCO[C@H]2[C@H]1C1CCCC1. The van der Waals surface area contributed by atoms with Gasteiger partial charge in [0, 0.05) is 36.9 Å². The standard InChI is InChI=1S/C17H23N3O3/c21-13(10-20-8-3-7-18-17(20)22)19-15-12-6-9-23-16(12)14(15)11-4-1-2-5-11/h3,7-8,11-12,14-16H,1-2,4-6,9-10H2,(H,19,21)/t12-,14+,15+,16-/m1/s1. The van der Waals surface area contributed by atoms with Crippen LogP contribution in [0.5, 0.6) is 0 Å². The van der Waals surface area contributed by atoms with Crippen LogP contribution in [0.3, 0.4) is 0 Å². The summed E-state index contributed by atoms with van der Waals surface area (Å²) in [5, 5.41) is 3.18. The van der Waals surface area contributed by atoms with Crippen molar-refractivity contribution in [1.82, 2.24) is 14.9 Å². The Hall–Kier alpha value is -1.69. The number of rotatable bonds is 4. The molecule has 3 aliphatic rings. The number of ether oxygens (including phenoxy) is 1. The van der Waals surface area contributed by atoms with Crippen molar-refractivity contribution in [3.63, 3.8) is 0 Å². The molecule has 2 aliphatic carbocycles. The smallest absolute Gasteiger partial charge is 0.347 e. The van der Waals surface area contributed by atoms with Crippen LogP contribution in [0.15, 0.2) is 23.3 Å². The van der Waals surface area contributed by atoms with Crippen molar-refractivity contribution < 1.29 is 9.53 Å². The molecule has 2 heterocycles. The zero-order chi connectivity index (χ0) is 15.8. The van der Waals surface area contributed by atoms with Gasteiger partial charge in [-0.15, -0.1) is 0 Å². The molecule has 23 heavy (non-hydrogen) atoms. The summed E-state index contributed by atoms with van der Waals surface area (Å²) in [4.78, 5) is 27.7. The predicted molar refractivity (Wildman–Crippen MR) is 83.7 cm³/mol. The Morgan fingerprint density at radius 3 is 2.96 bits per heavy atom. The third kappa shape index (κ3) is 2.69. The minimum atomic E-state index is -0.384. The molecule has 1 amide bonds. The van der Waals surface area contributed by atoms with E-state index in [2.05, 4.69) is 10.3 Å². The summed E-state index contributed by atoms with van der Waals surface area (Å²) in [6.45, 7) is 0.853. The molecule has 0 spiro atoms. The summed E-state index contributed by atoms with van der Waals surface area (Å²) < 4.78 is 7.26. The summed E-state index contributed by atoms with van der Waals surface area (Å²) in [5.41, 5.74) is -0.384. The van der Waals surface area contributed by atoms with E-state index in [1.165, 1.54) is 36.4 Å². The molecule has 1 saturated heterocycles. The Kier molecular flexibility index (Phi) is 3.93. The molecule has 0 unspecified atom stereocenters. The van der Waals surface area contributed by atoms with Gasteiger partial charge >= 0.3 is 5.69 Å². The molecule has 124 valence electrons. The van der Waals surface area contributed by atoms with Crippen LogP contribution in [0.4, 0.5) is 0 Å². The number of nitrogens with zero attached hydrogens (tertiary/aromatic N) is 2. The molecule has 6 heteroatoms. The van der Waals surface area contributed by atoms with Gasteiger partial charge in [0.15, 0.2) is 0 Å². The van der Waals surface area contributed by atoms with E-state index in [1.54, 1.807) is 12.3 Å². The first-order chi connectivity index (χ1) is 11.2. The highest BCUT2D eigenvalue weighted by Gasteiger charge is 2.56. The van der Waals surface area contributed by atoms with Crippen molar-refractivity contribution in [1.29, 1.82) is 0 Å². The van der Waals surface area contributed by atoms with Gasteiger partial charge < -0.3 is 10.1 Å². The van der Waals surface area contributed by atoms with Crippen LogP contribution in [-0.4, -0.2) is 34.2 Å². The van der Waals surface area contributed by atoms with Crippen LogP contribution in [0.25, 0.3) is 0 Å². The largest absolute Gasteiger partial charge is 0.377 e. The lowest BCUT2D eigenvalue weighted by Gasteiger charge is -2.50. The van der Waals surface area contributed by atoms with Gasteiger partial charge in [-0.3, -0.25) is 9.36 Å². The summed E-state index contributed by atoms with van der Waals surface area (Å²) in [5.74, 6) is 1.49. The molecule has 1 N–H and O–H groups in total. The average Bonchev–Trinajstić information content (AvgIpc) is 3.18. The average molecular weight is 317 g/mol. The molecule has 1 aromatic heterocycles. The monoisotopic (exact) mass is 317 g/mol. The van der Waals surface area contributed by atoms with Crippen molar-refractivity contribution in [2.75, 3.05) is 6.61 Å². The molecule has 0 radical (unpaired) electrons. The van der Waals surface area contributed by atoms with E-state index >= 15 is 0 Å². The minimum Gasteiger partial charge on any atom is -0.377 e. The molecular weight excluding hydrogens is 294 g/mol. The second kappa shape index (κ2) is 6.07. The fourth-order valence-electron chi connectivity index (χ4n) is 4.75. The van der Waals surface area contributed by atoms with Crippen molar-refractivity contribution in [2.45, 2.75) is 50.8 Å². The van der Waals surface area contributed by atoms with E-state index in [9.17, 15) is 9.59 Å². The zero-order valence-electron chi connectivity index (χ0n) is 13.2. The van der Waals surface area contributed by atoms with Gasteiger partial charge in [-0.2, -0.15) is 0 Å². The first-order valence-corrected chi connectivity index (χ1v) is 8.66. The quantitative estimate of drug-likeness (QED) is 0.897. The third-order valence-corrected chi connectivity index (χ3v) is 5.81. The topological polar surface area (TPSA) is 73.2 Å². The maximum absolute atomic E-state index is 12.4. The van der Waals surface area contributed by atoms with Gasteiger partial charge in [-0.25, -0.2) is 9.78 Å². The van der Waals surface area contributed by atoms with Gasteiger partial charge in [0.25, 0.3) is 0 Å². The first kappa shape index (κ1) is 14.9. The maximum atomic E-state index is 12.4. The predicted octanol–water partition coefficient (Wildman–Crippen LogP) is 0.953. The number of hydrogen-bond donors (Lipinski definition) is 1. The van der Waals surface area contributed by atoms with Crippen molar-refractivity contribution in [3.05, 3.63) is 28.9 Å². The highest BCUT2D eigenvalue weighted by atomic mass is 16.5. The highest BCUT2D eigenvalue weighted by Crippen LogP contribution is 2.51. The minimum absolute atomic E-state index is 0.0405. The number of aromatic nitrogens is 2. The lowest BCUT2D eigenvalue weighted by molar-refractivity contribution is -0.130. The van der Waals surface area contributed by atoms with Gasteiger partial charge in [-0.1, -0.05) is 25.7 Å². The molecule has 3 fully saturated rings.